The molecule has 0 radical (unpaired) electrons. The van der Waals surface area contributed by atoms with E-state index in [1.807, 2.05) is 0 Å². The summed E-state index contributed by atoms with van der Waals surface area (Å²) in [5.74, 6) is 0.826. The fraction of sp³-hybridized carbons (Fsp3) is 0.943. The van der Waals surface area contributed by atoms with Crippen molar-refractivity contribution in [3.63, 3.8) is 0 Å². The first-order valence-electron chi connectivity index (χ1n) is 36.2. The lowest BCUT2D eigenvalue weighted by Crippen LogP contribution is -2.30. The van der Waals surface area contributed by atoms with Crippen molar-refractivity contribution < 1.29 is 80.2 Å². The first kappa shape index (κ1) is 87.1. The van der Waals surface area contributed by atoms with Crippen molar-refractivity contribution in [3.05, 3.63) is 0 Å². The fourth-order valence-corrected chi connectivity index (χ4v) is 12.0. The van der Waals surface area contributed by atoms with E-state index < -0.39 is 97.5 Å². The molecule has 0 aromatic carbocycles. The van der Waals surface area contributed by atoms with E-state index in [2.05, 4.69) is 55.4 Å². The molecule has 0 bridgehead atoms. The number of carbonyl (C=O) groups is 4. The highest BCUT2D eigenvalue weighted by atomic mass is 31.2. The molecule has 19 heteroatoms. The molecule has 6 atom stereocenters. The maximum Gasteiger partial charge on any atom is 0.472 e. The number of hydrogen-bond donors (Lipinski definition) is 3. The Bertz CT molecular complexity index is 1770. The standard InChI is InChI=1S/C70H136O17P2/c1-9-63(8)49-41-33-24-18-14-12-10-11-13-15-19-25-34-42-50-67(72)80-57-66(87-70(75)53-45-37-29-28-32-40-48-62(6)7)59-85-89(78,79)83-55-64(71)54-82-88(76,77)84-58-65(56-81-68(73)51-43-35-27-21-23-31-39-47-61(4)5)86-69(74)52-44-36-26-20-16-17-22-30-38-46-60(2)3/h60-66,71H,9-59H2,1-8H3,(H,76,77)(H,78,79)/t63?,64?,65-,66-/m1/s1. The van der Waals surface area contributed by atoms with Gasteiger partial charge >= 0.3 is 39.5 Å². The van der Waals surface area contributed by atoms with Crippen molar-refractivity contribution in [1.29, 1.82) is 0 Å². The number of esters is 4. The Balaban J connectivity index is 5.18. The summed E-state index contributed by atoms with van der Waals surface area (Å²) < 4.78 is 68.2. The average molecular weight is 1310 g/mol. The molecule has 17 nitrogen and oxygen atoms in total. The van der Waals surface area contributed by atoms with Crippen LogP contribution in [0.25, 0.3) is 0 Å². The maximum absolute atomic E-state index is 13.0. The first-order valence-corrected chi connectivity index (χ1v) is 39.2. The number of phosphoric ester groups is 2. The van der Waals surface area contributed by atoms with Gasteiger partial charge in [0.1, 0.15) is 19.3 Å². The van der Waals surface area contributed by atoms with Crippen LogP contribution in [-0.4, -0.2) is 96.7 Å². The van der Waals surface area contributed by atoms with E-state index in [1.165, 1.54) is 141 Å². The minimum atomic E-state index is -4.95. The highest BCUT2D eigenvalue weighted by molar-refractivity contribution is 7.47. The van der Waals surface area contributed by atoms with Crippen LogP contribution >= 0.6 is 15.6 Å². The Morgan fingerprint density at radius 2 is 0.539 bits per heavy atom. The number of ether oxygens (including phenoxy) is 4. The van der Waals surface area contributed by atoms with E-state index >= 15 is 0 Å². The van der Waals surface area contributed by atoms with Crippen molar-refractivity contribution >= 4 is 39.5 Å². The molecular weight excluding hydrogens is 1170 g/mol. The second kappa shape index (κ2) is 59.8. The third kappa shape index (κ3) is 63.2. The molecule has 0 aliphatic rings. The van der Waals surface area contributed by atoms with E-state index in [4.69, 9.17) is 37.0 Å². The van der Waals surface area contributed by atoms with Gasteiger partial charge in [-0.15, -0.1) is 0 Å². The molecule has 0 heterocycles. The second-order valence-electron chi connectivity index (χ2n) is 26.9. The summed E-state index contributed by atoms with van der Waals surface area (Å²) in [6.07, 6.45) is 42.0. The highest BCUT2D eigenvalue weighted by Gasteiger charge is 2.30. The molecule has 3 N–H and O–H groups in total. The van der Waals surface area contributed by atoms with Gasteiger partial charge in [0.2, 0.25) is 0 Å². The minimum Gasteiger partial charge on any atom is -0.462 e. The molecule has 89 heavy (non-hydrogen) atoms. The normalized spacial score (nSPS) is 14.6. The largest absolute Gasteiger partial charge is 0.472 e. The van der Waals surface area contributed by atoms with Crippen LogP contribution in [0.4, 0.5) is 0 Å². The molecule has 0 aliphatic heterocycles. The molecule has 0 aromatic heterocycles. The monoisotopic (exact) mass is 1310 g/mol. The number of aliphatic hydroxyl groups excluding tert-OH is 1. The lowest BCUT2D eigenvalue weighted by molar-refractivity contribution is -0.161. The van der Waals surface area contributed by atoms with E-state index in [0.717, 1.165) is 108 Å². The smallest absolute Gasteiger partial charge is 0.462 e. The summed E-state index contributed by atoms with van der Waals surface area (Å²) >= 11 is 0. The molecule has 0 aliphatic carbocycles. The Hall–Kier alpha value is -1.94. The molecular formula is C70H136O17P2. The van der Waals surface area contributed by atoms with Crippen LogP contribution in [0.5, 0.6) is 0 Å². The van der Waals surface area contributed by atoms with Gasteiger partial charge < -0.3 is 33.8 Å². The summed E-state index contributed by atoms with van der Waals surface area (Å²) in [5.41, 5.74) is 0. The average Bonchev–Trinajstić information content (AvgIpc) is 3.70. The summed E-state index contributed by atoms with van der Waals surface area (Å²) in [5, 5.41) is 10.6. The van der Waals surface area contributed by atoms with Gasteiger partial charge in [0.15, 0.2) is 12.2 Å². The number of carbonyl (C=O) groups excluding carboxylic acids is 4. The topological polar surface area (TPSA) is 237 Å². The van der Waals surface area contributed by atoms with Gasteiger partial charge in [-0.3, -0.25) is 37.3 Å². The first-order chi connectivity index (χ1) is 42.6. The lowest BCUT2D eigenvalue weighted by Gasteiger charge is -2.21. The van der Waals surface area contributed by atoms with Crippen LogP contribution in [0.2, 0.25) is 0 Å². The maximum atomic E-state index is 13.0. The summed E-state index contributed by atoms with van der Waals surface area (Å²) in [6, 6.07) is 0. The Labute approximate surface area is 543 Å². The second-order valence-corrected chi connectivity index (χ2v) is 29.8. The van der Waals surface area contributed by atoms with E-state index in [-0.39, 0.29) is 25.7 Å². The number of unbranched alkanes of at least 4 members (excludes halogenated alkanes) is 32. The molecule has 0 aromatic rings. The molecule has 0 rings (SSSR count). The van der Waals surface area contributed by atoms with E-state index in [0.29, 0.717) is 37.5 Å². The third-order valence-electron chi connectivity index (χ3n) is 16.4. The Morgan fingerprint density at radius 1 is 0.315 bits per heavy atom. The van der Waals surface area contributed by atoms with Crippen LogP contribution in [0.1, 0.15) is 344 Å². The Kier molecular flexibility index (Phi) is 58.5. The zero-order chi connectivity index (χ0) is 66.1. The predicted molar refractivity (Wildman–Crippen MR) is 358 cm³/mol. The molecule has 0 saturated carbocycles. The summed E-state index contributed by atoms with van der Waals surface area (Å²) in [6.45, 7) is 14.0. The summed E-state index contributed by atoms with van der Waals surface area (Å²) in [4.78, 5) is 72.4. The van der Waals surface area contributed by atoms with E-state index in [9.17, 15) is 43.2 Å². The van der Waals surface area contributed by atoms with Gasteiger partial charge in [0.25, 0.3) is 0 Å². The van der Waals surface area contributed by atoms with Gasteiger partial charge in [-0.05, 0) is 49.4 Å². The SMILES string of the molecule is CCC(C)CCCCCCCCCCCCCCCCC(=O)OC[C@H](COP(=O)(O)OCC(O)COP(=O)(O)OC[C@@H](COC(=O)CCCCCCCCCC(C)C)OC(=O)CCCCCCCCCCCC(C)C)OC(=O)CCCCCCCCC(C)C. The van der Waals surface area contributed by atoms with Gasteiger partial charge in [-0.25, -0.2) is 9.13 Å². The van der Waals surface area contributed by atoms with Crippen molar-refractivity contribution in [2.24, 2.45) is 23.7 Å². The fourth-order valence-electron chi connectivity index (χ4n) is 10.5. The minimum absolute atomic E-state index is 0.102. The molecule has 0 fully saturated rings. The quantitative estimate of drug-likeness (QED) is 0.0222. The van der Waals surface area contributed by atoms with Gasteiger partial charge in [0.05, 0.1) is 26.4 Å². The van der Waals surface area contributed by atoms with Gasteiger partial charge in [-0.1, -0.05) is 293 Å². The lowest BCUT2D eigenvalue weighted by atomic mass is 9.99. The highest BCUT2D eigenvalue weighted by Crippen LogP contribution is 2.45. The van der Waals surface area contributed by atoms with E-state index in [1.54, 1.807) is 0 Å². The number of hydrogen-bond acceptors (Lipinski definition) is 15. The van der Waals surface area contributed by atoms with Crippen molar-refractivity contribution in [1.82, 2.24) is 0 Å². The molecule has 528 valence electrons. The zero-order valence-corrected chi connectivity index (χ0v) is 59.8. The van der Waals surface area contributed by atoms with Crippen LogP contribution in [0, 0.1) is 23.7 Å². The van der Waals surface area contributed by atoms with Gasteiger partial charge in [-0.2, -0.15) is 0 Å². The van der Waals surface area contributed by atoms with Crippen molar-refractivity contribution in [2.75, 3.05) is 39.6 Å². The van der Waals surface area contributed by atoms with Crippen LogP contribution in [0.3, 0.4) is 0 Å². The number of rotatable bonds is 67. The molecule has 0 spiro atoms. The zero-order valence-electron chi connectivity index (χ0n) is 58.1. The third-order valence-corrected chi connectivity index (χ3v) is 18.3. The predicted octanol–water partition coefficient (Wildman–Crippen LogP) is 19.7. The number of phosphoric acid groups is 2. The van der Waals surface area contributed by atoms with Crippen LogP contribution in [0.15, 0.2) is 0 Å². The summed E-state index contributed by atoms with van der Waals surface area (Å²) in [7, 11) is -9.90. The Morgan fingerprint density at radius 3 is 0.798 bits per heavy atom. The van der Waals surface area contributed by atoms with Gasteiger partial charge in [0, 0.05) is 25.7 Å². The molecule has 4 unspecified atom stereocenters. The molecule has 0 amide bonds. The van der Waals surface area contributed by atoms with Crippen molar-refractivity contribution in [2.45, 2.75) is 363 Å². The van der Waals surface area contributed by atoms with Crippen LogP contribution < -0.4 is 0 Å². The van der Waals surface area contributed by atoms with Crippen LogP contribution in [-0.2, 0) is 65.4 Å². The number of aliphatic hydroxyl groups is 1. The molecule has 0 saturated heterocycles. The van der Waals surface area contributed by atoms with Crippen molar-refractivity contribution in [3.8, 4) is 0 Å².